The quantitative estimate of drug-likeness (QED) is 0.459. The highest BCUT2D eigenvalue weighted by Crippen LogP contribution is 2.44. The Kier molecular flexibility index (Phi) is 4.87. The number of phenols is 1. The summed E-state index contributed by atoms with van der Waals surface area (Å²) < 4.78 is 16.4. The van der Waals surface area contributed by atoms with Crippen LogP contribution in [0, 0.1) is 5.82 Å². The third-order valence-corrected chi connectivity index (χ3v) is 5.08. The Morgan fingerprint density at radius 1 is 1.17 bits per heavy atom. The maximum Gasteiger partial charge on any atom is 0.251 e. The molecule has 0 aliphatic carbocycles. The van der Waals surface area contributed by atoms with Crippen LogP contribution in [-0.2, 0) is 0 Å². The van der Waals surface area contributed by atoms with E-state index in [4.69, 9.17) is 5.73 Å². The van der Waals surface area contributed by atoms with Gasteiger partial charge in [-0.1, -0.05) is 38.1 Å². The molecule has 5 rings (SSSR count). The van der Waals surface area contributed by atoms with E-state index < -0.39 is 17.8 Å². The lowest BCUT2D eigenvalue weighted by Gasteiger charge is -2.20. The molecule has 7 heteroatoms. The van der Waals surface area contributed by atoms with Crippen molar-refractivity contribution in [3.8, 4) is 16.9 Å². The first-order valence-electron chi connectivity index (χ1n) is 9.69. The molecule has 1 amide bonds. The summed E-state index contributed by atoms with van der Waals surface area (Å²) in [7, 11) is 0. The number of benzene rings is 2. The molecule has 1 atom stereocenters. The fourth-order valence-corrected chi connectivity index (χ4v) is 3.85. The second-order valence-electron chi connectivity index (χ2n) is 6.69. The van der Waals surface area contributed by atoms with Crippen LogP contribution in [0.3, 0.4) is 0 Å². The summed E-state index contributed by atoms with van der Waals surface area (Å²) in [6.07, 6.45) is 3.21. The van der Waals surface area contributed by atoms with Gasteiger partial charge in [0.1, 0.15) is 11.6 Å². The van der Waals surface area contributed by atoms with Crippen molar-refractivity contribution in [2.45, 2.75) is 19.9 Å². The van der Waals surface area contributed by atoms with Crippen molar-refractivity contribution < 1.29 is 14.3 Å². The topological polar surface area (TPSA) is 92.7 Å². The highest BCUT2D eigenvalue weighted by atomic mass is 19.1. The van der Waals surface area contributed by atoms with Gasteiger partial charge in [-0.2, -0.15) is 5.10 Å². The van der Waals surface area contributed by atoms with Gasteiger partial charge in [0.2, 0.25) is 0 Å². The van der Waals surface area contributed by atoms with Gasteiger partial charge in [0, 0.05) is 40.2 Å². The van der Waals surface area contributed by atoms with Gasteiger partial charge in [0.25, 0.3) is 5.91 Å². The fraction of sp³-hybridized carbons (Fsp3) is 0.130. The van der Waals surface area contributed by atoms with Gasteiger partial charge in [-0.05, 0) is 18.2 Å². The number of hydrogen-bond donors (Lipinski definition) is 3. The summed E-state index contributed by atoms with van der Waals surface area (Å²) >= 11 is 0. The van der Waals surface area contributed by atoms with Crippen LogP contribution in [0.4, 0.5) is 10.1 Å². The number of halogens is 1. The van der Waals surface area contributed by atoms with E-state index in [0.717, 1.165) is 22.9 Å². The molecule has 0 radical (unpaired) electrons. The van der Waals surface area contributed by atoms with Gasteiger partial charge >= 0.3 is 0 Å². The largest absolute Gasteiger partial charge is 0.508 e. The van der Waals surface area contributed by atoms with Crippen molar-refractivity contribution in [2.24, 2.45) is 5.73 Å². The van der Waals surface area contributed by atoms with Gasteiger partial charge in [0.15, 0.2) is 0 Å². The number of carbonyl (C=O) groups is 1. The number of aromatic nitrogens is 2. The van der Waals surface area contributed by atoms with Crippen molar-refractivity contribution in [1.29, 1.82) is 0 Å². The maximum absolute atomic E-state index is 14.7. The van der Waals surface area contributed by atoms with Crippen LogP contribution in [0.1, 0.15) is 41.4 Å². The maximum atomic E-state index is 14.7. The number of fused-ring (bicyclic) bond motifs is 2. The van der Waals surface area contributed by atoms with E-state index in [0.29, 0.717) is 22.2 Å². The number of nitrogens with zero attached hydrogens (tertiary/aromatic N) is 2. The molecular formula is C23H21FN4O2. The molecule has 3 heterocycles. The number of rotatable bonds is 2. The zero-order chi connectivity index (χ0) is 21.4. The first-order chi connectivity index (χ1) is 14.5. The monoisotopic (exact) mass is 404 g/mol. The van der Waals surface area contributed by atoms with Crippen LogP contribution in [-0.4, -0.2) is 20.6 Å². The van der Waals surface area contributed by atoms with Crippen molar-refractivity contribution in [3.05, 3.63) is 83.4 Å². The lowest BCUT2D eigenvalue weighted by molar-refractivity contribution is 0.100. The minimum Gasteiger partial charge on any atom is -0.508 e. The standard InChI is InChI=1S/C21H15FN4O2.C2H6/c22-16-9-11(27)5-6-12(16)19-14-7-8-26-20(14)18(15(10-24-26)21(23)28)13-3-1-2-4-17(13)25-19;1-2/h1-10,19,25,27H,(H2,23,28);1-2H3. The predicted molar refractivity (Wildman–Crippen MR) is 114 cm³/mol. The Morgan fingerprint density at radius 2 is 1.93 bits per heavy atom. The van der Waals surface area contributed by atoms with Crippen molar-refractivity contribution in [1.82, 2.24) is 9.61 Å². The number of phenolic OH excluding ortho intramolecular Hbond substituents is 1. The first kappa shape index (κ1) is 19.4. The van der Waals surface area contributed by atoms with E-state index >= 15 is 0 Å². The Morgan fingerprint density at radius 3 is 2.67 bits per heavy atom. The first-order valence-corrected chi connectivity index (χ1v) is 9.69. The molecule has 152 valence electrons. The van der Waals surface area contributed by atoms with Gasteiger partial charge in [0.05, 0.1) is 23.3 Å². The summed E-state index contributed by atoms with van der Waals surface area (Å²) in [6.45, 7) is 4.00. The minimum atomic E-state index is -0.582. The number of aromatic hydroxyl groups is 1. The molecule has 1 aliphatic heterocycles. The molecule has 30 heavy (non-hydrogen) atoms. The van der Waals surface area contributed by atoms with Gasteiger partial charge in [-0.25, -0.2) is 8.91 Å². The Hall–Kier alpha value is -3.87. The molecule has 2 aromatic heterocycles. The zero-order valence-electron chi connectivity index (χ0n) is 16.6. The number of primary amides is 1. The van der Waals surface area contributed by atoms with E-state index in [9.17, 15) is 14.3 Å². The highest BCUT2D eigenvalue weighted by molar-refractivity contribution is 6.06. The molecule has 0 saturated heterocycles. The van der Waals surface area contributed by atoms with Gasteiger partial charge in [-0.3, -0.25) is 4.79 Å². The van der Waals surface area contributed by atoms with Crippen LogP contribution >= 0.6 is 0 Å². The molecular weight excluding hydrogens is 383 g/mol. The molecule has 4 N–H and O–H groups in total. The van der Waals surface area contributed by atoms with Crippen molar-refractivity contribution in [2.75, 3.05) is 5.32 Å². The van der Waals surface area contributed by atoms with E-state index in [1.165, 1.54) is 12.3 Å². The van der Waals surface area contributed by atoms with E-state index in [2.05, 4.69) is 10.4 Å². The molecule has 0 bridgehead atoms. The number of anilines is 1. The average molecular weight is 404 g/mol. The molecule has 6 nitrogen and oxygen atoms in total. The number of amides is 1. The highest BCUT2D eigenvalue weighted by Gasteiger charge is 2.30. The Balaban J connectivity index is 0.00000106. The van der Waals surface area contributed by atoms with Crippen molar-refractivity contribution in [3.63, 3.8) is 0 Å². The molecule has 4 aromatic rings. The van der Waals surface area contributed by atoms with E-state index in [1.54, 1.807) is 16.8 Å². The molecule has 2 aromatic carbocycles. The van der Waals surface area contributed by atoms with Crippen LogP contribution in [0.25, 0.3) is 16.6 Å². The molecule has 1 aliphatic rings. The summed E-state index contributed by atoms with van der Waals surface area (Å²) in [5.41, 5.74) is 9.92. The van der Waals surface area contributed by atoms with Gasteiger partial charge < -0.3 is 16.2 Å². The summed E-state index contributed by atoms with van der Waals surface area (Å²) in [5, 5.41) is 17.3. The lowest BCUT2D eigenvalue weighted by atomic mass is 9.96. The third kappa shape index (κ3) is 2.95. The minimum absolute atomic E-state index is 0.143. The fourth-order valence-electron chi connectivity index (χ4n) is 3.85. The Labute approximate surface area is 172 Å². The number of nitrogens with two attached hydrogens (primary N) is 1. The molecule has 0 saturated carbocycles. The van der Waals surface area contributed by atoms with Crippen LogP contribution in [0.5, 0.6) is 5.75 Å². The van der Waals surface area contributed by atoms with E-state index in [-0.39, 0.29) is 5.75 Å². The summed E-state index contributed by atoms with van der Waals surface area (Å²) in [6, 6.07) is 12.9. The molecule has 0 spiro atoms. The van der Waals surface area contributed by atoms with Crippen LogP contribution < -0.4 is 11.1 Å². The predicted octanol–water partition coefficient (Wildman–Crippen LogP) is 4.49. The smallest absolute Gasteiger partial charge is 0.251 e. The summed E-state index contributed by atoms with van der Waals surface area (Å²) in [4.78, 5) is 12.1. The second kappa shape index (κ2) is 7.51. The second-order valence-corrected chi connectivity index (χ2v) is 6.69. The number of hydrogen-bond acceptors (Lipinski definition) is 4. The van der Waals surface area contributed by atoms with Crippen LogP contribution in [0.2, 0.25) is 0 Å². The number of nitrogens with one attached hydrogen (secondary N) is 1. The Bertz CT molecular complexity index is 1270. The average Bonchev–Trinajstić information content (AvgIpc) is 3.11. The molecule has 0 fully saturated rings. The number of carbonyl (C=O) groups excluding carboxylic acids is 1. The normalized spacial score (nSPS) is 14.2. The van der Waals surface area contributed by atoms with E-state index in [1.807, 2.05) is 44.2 Å². The summed E-state index contributed by atoms with van der Waals surface area (Å²) in [5.74, 6) is -1.26. The third-order valence-electron chi connectivity index (χ3n) is 5.08. The molecule has 1 unspecified atom stereocenters. The zero-order valence-corrected chi connectivity index (χ0v) is 16.6. The number of para-hydroxylation sites is 1. The lowest BCUT2D eigenvalue weighted by Crippen LogP contribution is -2.14. The van der Waals surface area contributed by atoms with Gasteiger partial charge in [-0.15, -0.1) is 0 Å². The SMILES string of the molecule is CC.NC(=O)c1cnn2ccc3c2c1-c1ccccc1NC3c1ccc(O)cc1F. The van der Waals surface area contributed by atoms with Crippen molar-refractivity contribution >= 4 is 17.1 Å². The van der Waals surface area contributed by atoms with Crippen LogP contribution in [0.15, 0.2) is 60.9 Å².